The number of carbonyl (C=O) groups excluding carboxylic acids is 2. The van der Waals surface area contributed by atoms with E-state index < -0.39 is 0 Å². The van der Waals surface area contributed by atoms with Crippen molar-refractivity contribution < 1.29 is 9.59 Å². The second-order valence-electron chi connectivity index (χ2n) is 5.68. The van der Waals surface area contributed by atoms with Crippen LogP contribution in [0.3, 0.4) is 0 Å². The van der Waals surface area contributed by atoms with E-state index in [2.05, 4.69) is 0 Å². The van der Waals surface area contributed by atoms with Crippen molar-refractivity contribution in [3.8, 4) is 0 Å². The molecule has 1 unspecified atom stereocenters. The fourth-order valence-corrected chi connectivity index (χ4v) is 3.23. The first kappa shape index (κ1) is 12.2. The maximum Gasteiger partial charge on any atom is 0.230 e. The number of carbonyl (C=O) groups is 2. The number of nitrogens with zero attached hydrogens (tertiary/aromatic N) is 1. The van der Waals surface area contributed by atoms with E-state index >= 15 is 0 Å². The van der Waals surface area contributed by atoms with Crippen LogP contribution in [-0.4, -0.2) is 16.7 Å². The number of hydrogen-bond acceptors (Lipinski definition) is 3. The quantitative estimate of drug-likeness (QED) is 0.619. The van der Waals surface area contributed by atoms with Crippen LogP contribution in [0.15, 0.2) is 18.2 Å². The highest BCUT2D eigenvalue weighted by Crippen LogP contribution is 2.39. The van der Waals surface area contributed by atoms with Crippen LogP contribution in [0, 0.1) is 5.92 Å². The summed E-state index contributed by atoms with van der Waals surface area (Å²) in [7, 11) is 0. The van der Waals surface area contributed by atoms with Crippen molar-refractivity contribution >= 4 is 17.5 Å². The van der Waals surface area contributed by atoms with Gasteiger partial charge in [-0.1, -0.05) is 13.0 Å². The topological polar surface area (TPSA) is 63.4 Å². The molecule has 4 heteroatoms. The monoisotopic (exact) mass is 258 g/mol. The average Bonchev–Trinajstić information content (AvgIpc) is 2.71. The van der Waals surface area contributed by atoms with Crippen LogP contribution >= 0.6 is 0 Å². The lowest BCUT2D eigenvalue weighted by atomic mass is 9.95. The Labute approximate surface area is 112 Å². The van der Waals surface area contributed by atoms with Crippen LogP contribution in [0.5, 0.6) is 0 Å². The second kappa shape index (κ2) is 4.37. The lowest BCUT2D eigenvalue weighted by Gasteiger charge is -2.33. The summed E-state index contributed by atoms with van der Waals surface area (Å²) in [6, 6.07) is 5.68. The molecule has 0 spiro atoms. The number of anilines is 1. The maximum atomic E-state index is 12.2. The van der Waals surface area contributed by atoms with Gasteiger partial charge in [-0.2, -0.15) is 0 Å². The summed E-state index contributed by atoms with van der Waals surface area (Å²) in [6.45, 7) is 1.95. The van der Waals surface area contributed by atoms with Crippen molar-refractivity contribution in [3.63, 3.8) is 0 Å². The number of piperidine rings is 1. The zero-order valence-corrected chi connectivity index (χ0v) is 11.1. The largest absolute Gasteiger partial charge is 0.399 e. The van der Waals surface area contributed by atoms with Crippen LogP contribution in [0.4, 0.5) is 5.69 Å². The van der Waals surface area contributed by atoms with Gasteiger partial charge in [-0.15, -0.1) is 0 Å². The smallest absolute Gasteiger partial charge is 0.230 e. The predicted molar refractivity (Wildman–Crippen MR) is 72.2 cm³/mol. The second-order valence-corrected chi connectivity index (χ2v) is 5.68. The van der Waals surface area contributed by atoms with E-state index in [0.29, 0.717) is 12.8 Å². The number of benzene rings is 1. The molecule has 3 rings (SSSR count). The molecule has 0 bridgehead atoms. The van der Waals surface area contributed by atoms with Gasteiger partial charge in [0.2, 0.25) is 11.8 Å². The van der Waals surface area contributed by atoms with Gasteiger partial charge in [-0.3, -0.25) is 14.5 Å². The number of imide groups is 1. The number of hydrogen-bond donors (Lipinski definition) is 1. The molecule has 2 amide bonds. The average molecular weight is 258 g/mol. The van der Waals surface area contributed by atoms with Gasteiger partial charge < -0.3 is 5.73 Å². The van der Waals surface area contributed by atoms with Gasteiger partial charge in [0.05, 0.1) is 6.04 Å². The Balaban J connectivity index is 1.93. The highest BCUT2D eigenvalue weighted by atomic mass is 16.2. The molecule has 1 aromatic carbocycles. The number of rotatable bonds is 1. The number of likely N-dealkylation sites (tertiary alicyclic amines) is 1. The van der Waals surface area contributed by atoms with Crippen molar-refractivity contribution in [2.45, 2.75) is 38.6 Å². The molecule has 1 saturated heterocycles. The van der Waals surface area contributed by atoms with Crippen molar-refractivity contribution in [2.24, 2.45) is 5.92 Å². The number of aryl methyl sites for hydroxylation is 1. The SMILES string of the molecule is CC1CC(=O)N(C2CCc3cc(N)ccc32)C(=O)C1. The maximum absolute atomic E-state index is 12.2. The first-order valence-corrected chi connectivity index (χ1v) is 6.79. The molecule has 2 N–H and O–H groups in total. The summed E-state index contributed by atoms with van der Waals surface area (Å²) in [4.78, 5) is 25.8. The minimum Gasteiger partial charge on any atom is -0.399 e. The first-order valence-electron chi connectivity index (χ1n) is 6.79. The number of fused-ring (bicyclic) bond motifs is 1. The van der Waals surface area contributed by atoms with Gasteiger partial charge in [0.1, 0.15) is 0 Å². The molecule has 19 heavy (non-hydrogen) atoms. The minimum atomic E-state index is -0.0805. The summed E-state index contributed by atoms with van der Waals surface area (Å²) in [5.41, 5.74) is 8.78. The molecule has 2 aliphatic rings. The summed E-state index contributed by atoms with van der Waals surface area (Å²) in [6.07, 6.45) is 2.67. The molecule has 0 aromatic heterocycles. The van der Waals surface area contributed by atoms with Crippen LogP contribution in [-0.2, 0) is 16.0 Å². The van der Waals surface area contributed by atoms with Crippen molar-refractivity contribution in [2.75, 3.05) is 5.73 Å². The van der Waals surface area contributed by atoms with Gasteiger partial charge in [0.15, 0.2) is 0 Å². The number of nitrogen functional groups attached to an aromatic ring is 1. The van der Waals surface area contributed by atoms with Crippen LogP contribution < -0.4 is 5.73 Å². The lowest BCUT2D eigenvalue weighted by molar-refractivity contribution is -0.152. The fourth-order valence-electron chi connectivity index (χ4n) is 3.23. The van der Waals surface area contributed by atoms with Crippen LogP contribution in [0.25, 0.3) is 0 Å². The molecular formula is C15H18N2O2. The molecule has 1 heterocycles. The van der Waals surface area contributed by atoms with E-state index in [1.807, 2.05) is 25.1 Å². The number of amides is 2. The van der Waals surface area contributed by atoms with Gasteiger partial charge in [-0.25, -0.2) is 0 Å². The third kappa shape index (κ3) is 2.01. The molecule has 0 saturated carbocycles. The molecule has 1 aliphatic heterocycles. The van der Waals surface area contributed by atoms with Gasteiger partial charge in [0, 0.05) is 18.5 Å². The Morgan fingerprint density at radius 1 is 1.21 bits per heavy atom. The van der Waals surface area contributed by atoms with E-state index in [1.54, 1.807) is 0 Å². The molecule has 1 aliphatic carbocycles. The molecule has 1 fully saturated rings. The van der Waals surface area contributed by atoms with Gasteiger partial charge >= 0.3 is 0 Å². The van der Waals surface area contributed by atoms with Crippen molar-refractivity contribution in [3.05, 3.63) is 29.3 Å². The van der Waals surface area contributed by atoms with Crippen LogP contribution in [0.2, 0.25) is 0 Å². The Hall–Kier alpha value is -1.84. The van der Waals surface area contributed by atoms with Crippen molar-refractivity contribution in [1.82, 2.24) is 4.90 Å². The Kier molecular flexibility index (Phi) is 2.81. The molecule has 1 atom stereocenters. The highest BCUT2D eigenvalue weighted by molar-refractivity contribution is 5.98. The third-order valence-electron chi connectivity index (χ3n) is 4.11. The van der Waals surface area contributed by atoms with Crippen LogP contribution in [0.1, 0.15) is 43.4 Å². The van der Waals surface area contributed by atoms with Gasteiger partial charge in [-0.05, 0) is 42.0 Å². The van der Waals surface area contributed by atoms with E-state index in [1.165, 1.54) is 10.5 Å². The van der Waals surface area contributed by atoms with E-state index in [0.717, 1.165) is 24.1 Å². The summed E-state index contributed by atoms with van der Waals surface area (Å²) in [5, 5.41) is 0. The first-order chi connectivity index (χ1) is 9.06. The Morgan fingerprint density at radius 2 is 1.89 bits per heavy atom. The van der Waals surface area contributed by atoms with Crippen molar-refractivity contribution in [1.29, 1.82) is 0 Å². The molecular weight excluding hydrogens is 240 g/mol. The highest BCUT2D eigenvalue weighted by Gasteiger charge is 2.38. The molecule has 100 valence electrons. The molecule has 4 nitrogen and oxygen atoms in total. The zero-order chi connectivity index (χ0) is 13.6. The van der Waals surface area contributed by atoms with E-state index in [9.17, 15) is 9.59 Å². The minimum absolute atomic E-state index is 0.0292. The molecule has 0 radical (unpaired) electrons. The van der Waals surface area contributed by atoms with E-state index in [4.69, 9.17) is 5.73 Å². The zero-order valence-electron chi connectivity index (χ0n) is 11.1. The standard InChI is InChI=1S/C15H18N2O2/c1-9-6-14(18)17(15(19)7-9)13-5-2-10-8-11(16)3-4-12(10)13/h3-4,8-9,13H,2,5-7,16H2,1H3. The predicted octanol–water partition coefficient (Wildman–Crippen LogP) is 2.04. The third-order valence-corrected chi connectivity index (χ3v) is 4.11. The fraction of sp³-hybridized carbons (Fsp3) is 0.467. The normalized spacial score (nSPS) is 23.8. The molecule has 1 aromatic rings. The van der Waals surface area contributed by atoms with E-state index in [-0.39, 0.29) is 23.8 Å². The lowest BCUT2D eigenvalue weighted by Crippen LogP contribution is -2.44. The number of nitrogens with two attached hydrogens (primary N) is 1. The summed E-state index contributed by atoms with van der Waals surface area (Å²) >= 11 is 0. The van der Waals surface area contributed by atoms with Gasteiger partial charge in [0.25, 0.3) is 0 Å². The summed E-state index contributed by atoms with van der Waals surface area (Å²) in [5.74, 6) is 0.111. The Bertz CT molecular complexity index is 535. The Morgan fingerprint density at radius 3 is 2.58 bits per heavy atom. The summed E-state index contributed by atoms with van der Waals surface area (Å²) < 4.78 is 0.